The van der Waals surface area contributed by atoms with Crippen molar-refractivity contribution in [2.24, 2.45) is 0 Å². The number of carbonyl (C=O) groups excluding carboxylic acids is 1. The fraction of sp³-hybridized carbons (Fsp3) is 0.875. The molecule has 0 aromatic rings. The monoisotopic (exact) mass is 156 g/mol. The number of carbonyl (C=O) groups is 1. The van der Waals surface area contributed by atoms with E-state index in [4.69, 9.17) is 0 Å². The number of amides is 1. The zero-order chi connectivity index (χ0) is 8.48. The molecule has 64 valence electrons. The Morgan fingerprint density at radius 1 is 1.55 bits per heavy atom. The maximum absolute atomic E-state index is 11.3. The Labute approximate surface area is 67.7 Å². The Balaban J connectivity index is 2.72. The van der Waals surface area contributed by atoms with Gasteiger partial charge >= 0.3 is 0 Å². The molecule has 3 heteroatoms. The summed E-state index contributed by atoms with van der Waals surface area (Å²) in [6.45, 7) is 4.17. The molecule has 1 heterocycles. The molecule has 1 fully saturated rings. The van der Waals surface area contributed by atoms with Crippen LogP contribution >= 0.6 is 0 Å². The van der Waals surface area contributed by atoms with Crippen LogP contribution in [-0.4, -0.2) is 23.5 Å². The van der Waals surface area contributed by atoms with Crippen molar-refractivity contribution in [3.8, 4) is 0 Å². The Bertz CT molecular complexity index is 165. The van der Waals surface area contributed by atoms with E-state index in [-0.39, 0.29) is 11.4 Å². The topological polar surface area (TPSA) is 32.3 Å². The number of hydrogen-bond donors (Lipinski definition) is 1. The van der Waals surface area contributed by atoms with E-state index >= 15 is 0 Å². The highest BCUT2D eigenvalue weighted by molar-refractivity contribution is 5.77. The minimum absolute atomic E-state index is 0.00984. The third kappa shape index (κ3) is 1.53. The molecule has 0 aliphatic carbocycles. The van der Waals surface area contributed by atoms with Crippen molar-refractivity contribution in [1.82, 2.24) is 10.4 Å². The number of hydrogen-bond acceptors (Lipinski definition) is 2. The van der Waals surface area contributed by atoms with Crippen molar-refractivity contribution >= 4 is 5.91 Å². The molecule has 1 N–H and O–H groups in total. The van der Waals surface area contributed by atoms with Gasteiger partial charge in [-0.2, -0.15) is 0 Å². The molecule has 0 radical (unpaired) electrons. The lowest BCUT2D eigenvalue weighted by molar-refractivity contribution is -0.144. The maximum atomic E-state index is 11.3. The molecular weight excluding hydrogens is 140 g/mol. The van der Waals surface area contributed by atoms with E-state index in [0.717, 1.165) is 12.8 Å². The molecule has 1 rings (SSSR count). The van der Waals surface area contributed by atoms with Gasteiger partial charge in [0.05, 0.1) is 5.54 Å². The van der Waals surface area contributed by atoms with Crippen LogP contribution in [0.25, 0.3) is 0 Å². The smallest absolute Gasteiger partial charge is 0.237 e. The average Bonchev–Trinajstić information content (AvgIpc) is 1.86. The van der Waals surface area contributed by atoms with E-state index in [1.165, 1.54) is 0 Å². The summed E-state index contributed by atoms with van der Waals surface area (Å²) in [7, 11) is 1.80. The van der Waals surface area contributed by atoms with E-state index in [1.54, 1.807) is 12.1 Å². The summed E-state index contributed by atoms with van der Waals surface area (Å²) in [5.74, 6) is 0.212. The molecular formula is C8H16N2O. The molecule has 0 unspecified atom stereocenters. The summed E-state index contributed by atoms with van der Waals surface area (Å²) in [5, 5.41) is 1.73. The fourth-order valence-corrected chi connectivity index (χ4v) is 1.66. The number of rotatable bonds is 1. The lowest BCUT2D eigenvalue weighted by atomic mass is 9.92. The second-order valence-electron chi connectivity index (χ2n) is 3.62. The van der Waals surface area contributed by atoms with Crippen molar-refractivity contribution in [3.63, 3.8) is 0 Å². The van der Waals surface area contributed by atoms with Crippen molar-refractivity contribution in [3.05, 3.63) is 0 Å². The molecule has 3 nitrogen and oxygen atoms in total. The maximum Gasteiger partial charge on any atom is 0.237 e. The van der Waals surface area contributed by atoms with Crippen LogP contribution in [0.4, 0.5) is 0 Å². The molecule has 0 saturated carbocycles. The predicted octanol–water partition coefficient (Wildman–Crippen LogP) is 0.912. The summed E-state index contributed by atoms with van der Waals surface area (Å²) < 4.78 is 0. The van der Waals surface area contributed by atoms with Gasteiger partial charge in [-0.1, -0.05) is 0 Å². The van der Waals surface area contributed by atoms with Gasteiger partial charge in [0.1, 0.15) is 0 Å². The first-order valence-electron chi connectivity index (χ1n) is 4.08. The quantitative estimate of drug-likeness (QED) is 0.612. The minimum atomic E-state index is -0.00984. The van der Waals surface area contributed by atoms with Gasteiger partial charge in [0.2, 0.25) is 5.91 Å². The standard InChI is InChI=1S/C8H16N2O/c1-8(2)6-4-5-7(11)10(8)9-3/h9H,4-6H2,1-3H3. The Hall–Kier alpha value is -0.570. The summed E-state index contributed by atoms with van der Waals surface area (Å²) in [4.78, 5) is 11.3. The van der Waals surface area contributed by atoms with Crippen LogP contribution in [0.1, 0.15) is 33.1 Å². The molecule has 0 atom stereocenters. The third-order valence-corrected chi connectivity index (χ3v) is 2.26. The second kappa shape index (κ2) is 2.81. The number of piperidine rings is 1. The van der Waals surface area contributed by atoms with Crippen molar-refractivity contribution < 1.29 is 4.79 Å². The minimum Gasteiger partial charge on any atom is -0.273 e. The van der Waals surface area contributed by atoms with Crippen LogP contribution in [0.5, 0.6) is 0 Å². The van der Waals surface area contributed by atoms with Gasteiger partial charge in [0.25, 0.3) is 0 Å². The number of hydrazine groups is 1. The molecule has 1 aliphatic heterocycles. The number of nitrogens with zero attached hydrogens (tertiary/aromatic N) is 1. The Kier molecular flexibility index (Phi) is 2.18. The Morgan fingerprint density at radius 2 is 2.18 bits per heavy atom. The highest BCUT2D eigenvalue weighted by Gasteiger charge is 2.33. The van der Waals surface area contributed by atoms with Crippen LogP contribution in [-0.2, 0) is 4.79 Å². The largest absolute Gasteiger partial charge is 0.273 e. The molecule has 1 saturated heterocycles. The van der Waals surface area contributed by atoms with Gasteiger partial charge in [-0.3, -0.25) is 9.80 Å². The highest BCUT2D eigenvalue weighted by atomic mass is 16.2. The molecule has 0 bridgehead atoms. The predicted molar refractivity (Wildman–Crippen MR) is 43.8 cm³/mol. The SMILES string of the molecule is CNN1C(=O)CCCC1(C)C. The summed E-state index contributed by atoms with van der Waals surface area (Å²) in [6.07, 6.45) is 2.79. The number of nitrogens with one attached hydrogen (secondary N) is 1. The summed E-state index contributed by atoms with van der Waals surface area (Å²) >= 11 is 0. The van der Waals surface area contributed by atoms with Gasteiger partial charge in [-0.05, 0) is 26.7 Å². The lowest BCUT2D eigenvalue weighted by Gasteiger charge is -2.41. The normalized spacial score (nSPS) is 23.9. The molecule has 0 spiro atoms. The average molecular weight is 156 g/mol. The van der Waals surface area contributed by atoms with Crippen molar-refractivity contribution in [1.29, 1.82) is 0 Å². The van der Waals surface area contributed by atoms with Crippen LogP contribution in [0.15, 0.2) is 0 Å². The first-order chi connectivity index (χ1) is 5.08. The fourth-order valence-electron chi connectivity index (χ4n) is 1.66. The van der Waals surface area contributed by atoms with E-state index in [0.29, 0.717) is 6.42 Å². The van der Waals surface area contributed by atoms with E-state index in [9.17, 15) is 4.79 Å². The zero-order valence-corrected chi connectivity index (χ0v) is 7.48. The third-order valence-electron chi connectivity index (χ3n) is 2.26. The molecule has 0 aromatic carbocycles. The highest BCUT2D eigenvalue weighted by Crippen LogP contribution is 2.25. The Morgan fingerprint density at radius 3 is 2.55 bits per heavy atom. The van der Waals surface area contributed by atoms with Gasteiger partial charge in [-0.15, -0.1) is 0 Å². The van der Waals surface area contributed by atoms with Gasteiger partial charge in [0.15, 0.2) is 0 Å². The van der Waals surface area contributed by atoms with Crippen LogP contribution in [0.3, 0.4) is 0 Å². The zero-order valence-electron chi connectivity index (χ0n) is 7.48. The summed E-state index contributed by atoms with van der Waals surface area (Å²) in [6, 6.07) is 0. The van der Waals surface area contributed by atoms with E-state index in [2.05, 4.69) is 19.3 Å². The van der Waals surface area contributed by atoms with Crippen molar-refractivity contribution in [2.75, 3.05) is 7.05 Å². The van der Waals surface area contributed by atoms with E-state index < -0.39 is 0 Å². The molecule has 0 aromatic heterocycles. The first-order valence-corrected chi connectivity index (χ1v) is 4.08. The molecule has 1 amide bonds. The van der Waals surface area contributed by atoms with Gasteiger partial charge in [0, 0.05) is 13.5 Å². The van der Waals surface area contributed by atoms with Gasteiger partial charge in [-0.25, -0.2) is 5.43 Å². The van der Waals surface area contributed by atoms with Crippen LogP contribution < -0.4 is 5.43 Å². The summed E-state index contributed by atoms with van der Waals surface area (Å²) in [5.41, 5.74) is 2.92. The van der Waals surface area contributed by atoms with E-state index in [1.807, 2.05) is 0 Å². The second-order valence-corrected chi connectivity index (χ2v) is 3.62. The first kappa shape index (κ1) is 8.53. The van der Waals surface area contributed by atoms with Crippen molar-refractivity contribution in [2.45, 2.75) is 38.6 Å². The van der Waals surface area contributed by atoms with Crippen LogP contribution in [0, 0.1) is 0 Å². The van der Waals surface area contributed by atoms with Crippen LogP contribution in [0.2, 0.25) is 0 Å². The molecule has 11 heavy (non-hydrogen) atoms. The molecule has 1 aliphatic rings. The lowest BCUT2D eigenvalue weighted by Crippen LogP contribution is -2.56. The van der Waals surface area contributed by atoms with Gasteiger partial charge < -0.3 is 0 Å².